The van der Waals surface area contributed by atoms with Gasteiger partial charge in [-0.05, 0) is 48.6 Å². The van der Waals surface area contributed by atoms with E-state index in [-0.39, 0.29) is 17.1 Å². The van der Waals surface area contributed by atoms with Crippen LogP contribution in [-0.2, 0) is 5.41 Å². The zero-order chi connectivity index (χ0) is 15.6. The minimum Gasteiger partial charge on any atom is -0.319 e. The summed E-state index contributed by atoms with van der Waals surface area (Å²) in [5, 5.41) is 2.86. The molecule has 0 saturated carbocycles. The number of hydrogen-bond donors (Lipinski definition) is 1. The molecular weight excluding hydrogens is 262 g/mol. The van der Waals surface area contributed by atoms with E-state index in [1.807, 2.05) is 25.1 Å². The number of benzene rings is 1. The summed E-state index contributed by atoms with van der Waals surface area (Å²) in [4.78, 5) is 20.3. The smallest absolute Gasteiger partial charge is 0.293 e. The first-order valence-corrected chi connectivity index (χ1v) is 6.99. The summed E-state index contributed by atoms with van der Waals surface area (Å²) in [6.07, 6.45) is 1.59. The summed E-state index contributed by atoms with van der Waals surface area (Å²) >= 11 is 0. The zero-order valence-electron chi connectivity index (χ0n) is 13.2. The van der Waals surface area contributed by atoms with Crippen molar-refractivity contribution in [3.05, 3.63) is 53.1 Å². The first kappa shape index (κ1) is 15.2. The maximum absolute atomic E-state index is 12.2. The molecule has 2 aromatic rings. The molecule has 0 radical (unpaired) electrons. The van der Waals surface area contributed by atoms with Crippen LogP contribution in [0.4, 0.5) is 5.69 Å². The monoisotopic (exact) mass is 283 g/mol. The molecule has 0 saturated heterocycles. The van der Waals surface area contributed by atoms with Gasteiger partial charge in [0.25, 0.3) is 5.91 Å². The Bertz CT molecular complexity index is 672. The van der Waals surface area contributed by atoms with Gasteiger partial charge in [0.2, 0.25) is 5.82 Å². The standard InChI is InChI=1S/C17H21N3O/c1-11-6-7-13(10-14(11)17(3,4)5)20-16(21)15-18-9-8-12(2)19-15/h6-10H,1-5H3,(H,20,21). The fourth-order valence-electron chi connectivity index (χ4n) is 2.25. The molecule has 0 unspecified atom stereocenters. The Morgan fingerprint density at radius 2 is 1.86 bits per heavy atom. The van der Waals surface area contributed by atoms with Crippen LogP contribution in [0.1, 0.15) is 48.2 Å². The van der Waals surface area contributed by atoms with E-state index in [0.717, 1.165) is 11.4 Å². The number of carbonyl (C=O) groups excluding carboxylic acids is 1. The van der Waals surface area contributed by atoms with Gasteiger partial charge in [0.05, 0.1) is 0 Å². The van der Waals surface area contributed by atoms with Crippen LogP contribution in [-0.4, -0.2) is 15.9 Å². The average molecular weight is 283 g/mol. The molecule has 1 aromatic carbocycles. The van der Waals surface area contributed by atoms with Gasteiger partial charge >= 0.3 is 0 Å². The summed E-state index contributed by atoms with van der Waals surface area (Å²) in [6.45, 7) is 10.4. The maximum Gasteiger partial charge on any atom is 0.293 e. The number of rotatable bonds is 2. The van der Waals surface area contributed by atoms with Crippen LogP contribution in [0, 0.1) is 13.8 Å². The molecular formula is C17H21N3O. The molecule has 0 atom stereocenters. The lowest BCUT2D eigenvalue weighted by Crippen LogP contribution is -2.18. The van der Waals surface area contributed by atoms with Gasteiger partial charge in [-0.15, -0.1) is 0 Å². The highest BCUT2D eigenvalue weighted by Gasteiger charge is 2.17. The minimum absolute atomic E-state index is 0.0324. The van der Waals surface area contributed by atoms with Crippen LogP contribution in [0.25, 0.3) is 0 Å². The normalized spacial score (nSPS) is 11.3. The van der Waals surface area contributed by atoms with Crippen molar-refractivity contribution in [2.75, 3.05) is 5.32 Å². The van der Waals surface area contributed by atoms with Crippen molar-refractivity contribution in [1.29, 1.82) is 0 Å². The van der Waals surface area contributed by atoms with Crippen molar-refractivity contribution in [2.45, 2.75) is 40.0 Å². The van der Waals surface area contributed by atoms with Crippen LogP contribution in [0.3, 0.4) is 0 Å². The Labute approximate surface area is 125 Å². The lowest BCUT2D eigenvalue weighted by molar-refractivity contribution is 0.101. The van der Waals surface area contributed by atoms with Gasteiger partial charge in [-0.1, -0.05) is 26.8 Å². The molecule has 1 aromatic heterocycles. The highest BCUT2D eigenvalue weighted by Crippen LogP contribution is 2.28. The molecule has 4 nitrogen and oxygen atoms in total. The fraction of sp³-hybridized carbons (Fsp3) is 0.353. The molecule has 1 heterocycles. The lowest BCUT2D eigenvalue weighted by Gasteiger charge is -2.22. The molecule has 0 aliphatic heterocycles. The van der Waals surface area contributed by atoms with Crippen molar-refractivity contribution in [3.63, 3.8) is 0 Å². The summed E-state index contributed by atoms with van der Waals surface area (Å²) in [5.74, 6) is -0.102. The molecule has 21 heavy (non-hydrogen) atoms. The van der Waals surface area contributed by atoms with Gasteiger partial charge in [0.1, 0.15) is 0 Å². The second-order valence-electron chi connectivity index (χ2n) is 6.26. The Morgan fingerprint density at radius 3 is 2.48 bits per heavy atom. The molecule has 0 aliphatic carbocycles. The summed E-state index contributed by atoms with van der Waals surface area (Å²) < 4.78 is 0. The van der Waals surface area contributed by atoms with Crippen LogP contribution in [0.5, 0.6) is 0 Å². The van der Waals surface area contributed by atoms with E-state index in [2.05, 4.69) is 43.0 Å². The molecule has 0 aliphatic rings. The number of aromatic nitrogens is 2. The van der Waals surface area contributed by atoms with E-state index >= 15 is 0 Å². The van der Waals surface area contributed by atoms with Crippen molar-refractivity contribution >= 4 is 11.6 Å². The third-order valence-corrected chi connectivity index (χ3v) is 3.30. The summed E-state index contributed by atoms with van der Waals surface area (Å²) in [5.41, 5.74) is 4.00. The van der Waals surface area contributed by atoms with E-state index in [4.69, 9.17) is 0 Å². The Hall–Kier alpha value is -2.23. The van der Waals surface area contributed by atoms with Crippen molar-refractivity contribution in [2.24, 2.45) is 0 Å². The van der Waals surface area contributed by atoms with Crippen LogP contribution >= 0.6 is 0 Å². The Kier molecular flexibility index (Phi) is 4.07. The number of amides is 1. The SMILES string of the molecule is Cc1ccnc(C(=O)Nc2ccc(C)c(C(C)(C)C)c2)n1. The Balaban J connectivity index is 2.26. The third kappa shape index (κ3) is 3.66. The number of anilines is 1. The number of nitrogens with zero attached hydrogens (tertiary/aromatic N) is 2. The van der Waals surface area contributed by atoms with E-state index in [1.54, 1.807) is 12.3 Å². The van der Waals surface area contributed by atoms with Gasteiger partial charge in [-0.2, -0.15) is 0 Å². The second-order valence-corrected chi connectivity index (χ2v) is 6.26. The quantitative estimate of drug-likeness (QED) is 0.915. The van der Waals surface area contributed by atoms with Crippen LogP contribution < -0.4 is 5.32 Å². The summed E-state index contributed by atoms with van der Waals surface area (Å²) in [6, 6.07) is 7.70. The highest BCUT2D eigenvalue weighted by atomic mass is 16.2. The number of carbonyl (C=O) groups is 1. The fourth-order valence-corrected chi connectivity index (χ4v) is 2.25. The van der Waals surface area contributed by atoms with E-state index in [0.29, 0.717) is 0 Å². The predicted octanol–water partition coefficient (Wildman–Crippen LogP) is 3.64. The molecule has 0 bridgehead atoms. The van der Waals surface area contributed by atoms with Gasteiger partial charge in [-0.25, -0.2) is 9.97 Å². The first-order chi connectivity index (χ1) is 9.77. The van der Waals surface area contributed by atoms with E-state index in [9.17, 15) is 4.79 Å². The van der Waals surface area contributed by atoms with E-state index in [1.165, 1.54) is 11.1 Å². The topological polar surface area (TPSA) is 54.9 Å². The second kappa shape index (κ2) is 5.64. The van der Waals surface area contributed by atoms with Gasteiger partial charge in [0, 0.05) is 17.6 Å². The molecule has 0 fully saturated rings. The van der Waals surface area contributed by atoms with Crippen LogP contribution in [0.2, 0.25) is 0 Å². The van der Waals surface area contributed by atoms with Crippen molar-refractivity contribution < 1.29 is 4.79 Å². The van der Waals surface area contributed by atoms with Crippen LogP contribution in [0.15, 0.2) is 30.5 Å². The van der Waals surface area contributed by atoms with Gasteiger partial charge < -0.3 is 5.32 Å². The highest BCUT2D eigenvalue weighted by molar-refractivity contribution is 6.01. The Morgan fingerprint density at radius 1 is 1.14 bits per heavy atom. The number of hydrogen-bond acceptors (Lipinski definition) is 3. The molecule has 4 heteroatoms. The minimum atomic E-state index is -0.289. The third-order valence-electron chi connectivity index (χ3n) is 3.30. The van der Waals surface area contributed by atoms with Gasteiger partial charge in [-0.3, -0.25) is 4.79 Å². The molecule has 110 valence electrons. The largest absolute Gasteiger partial charge is 0.319 e. The van der Waals surface area contributed by atoms with Crippen molar-refractivity contribution in [1.82, 2.24) is 9.97 Å². The predicted molar refractivity (Wildman–Crippen MR) is 84.6 cm³/mol. The maximum atomic E-state index is 12.2. The van der Waals surface area contributed by atoms with E-state index < -0.39 is 0 Å². The molecule has 2 rings (SSSR count). The van der Waals surface area contributed by atoms with Gasteiger partial charge in [0.15, 0.2) is 0 Å². The number of nitrogens with one attached hydrogen (secondary N) is 1. The molecule has 1 amide bonds. The zero-order valence-corrected chi connectivity index (χ0v) is 13.2. The lowest BCUT2D eigenvalue weighted by atomic mass is 9.84. The average Bonchev–Trinajstić information content (AvgIpc) is 2.39. The molecule has 1 N–H and O–H groups in total. The first-order valence-electron chi connectivity index (χ1n) is 6.99. The molecule has 0 spiro atoms. The number of aryl methyl sites for hydroxylation is 2. The van der Waals surface area contributed by atoms with Crippen molar-refractivity contribution in [3.8, 4) is 0 Å². The summed E-state index contributed by atoms with van der Waals surface area (Å²) in [7, 11) is 0.